The topological polar surface area (TPSA) is 50.6 Å². The first kappa shape index (κ1) is 16.9. The van der Waals surface area contributed by atoms with Crippen LogP contribution in [-0.4, -0.2) is 70.4 Å². The van der Waals surface area contributed by atoms with E-state index >= 15 is 0 Å². The van der Waals surface area contributed by atoms with Gasteiger partial charge in [0.1, 0.15) is 0 Å². The van der Waals surface area contributed by atoms with E-state index in [0.717, 1.165) is 52.0 Å². The summed E-state index contributed by atoms with van der Waals surface area (Å²) < 4.78 is 31.4. The van der Waals surface area contributed by atoms with Crippen LogP contribution in [-0.2, 0) is 4.74 Å². The molecule has 5 heterocycles. The monoisotopic (exact) mass is 354 g/mol. The van der Waals surface area contributed by atoms with E-state index in [2.05, 4.69) is 10.00 Å². The van der Waals surface area contributed by atoms with E-state index < -0.39 is 6.55 Å². The van der Waals surface area contributed by atoms with Gasteiger partial charge in [0.25, 0.3) is 5.91 Å². The number of hydrogen-bond donors (Lipinski definition) is 0. The molecule has 4 fully saturated rings. The molecule has 0 aromatic carbocycles. The zero-order valence-electron chi connectivity index (χ0n) is 14.2. The summed E-state index contributed by atoms with van der Waals surface area (Å²) in [7, 11) is 0. The second kappa shape index (κ2) is 6.99. The summed E-state index contributed by atoms with van der Waals surface area (Å²) in [5, 5.41) is 3.75. The van der Waals surface area contributed by atoms with Gasteiger partial charge in [-0.1, -0.05) is 0 Å². The fraction of sp³-hybridized carbons (Fsp3) is 0.765. The lowest BCUT2D eigenvalue weighted by atomic mass is 9.94. The highest BCUT2D eigenvalue weighted by Crippen LogP contribution is 2.31. The van der Waals surface area contributed by atoms with E-state index in [9.17, 15) is 13.6 Å². The Labute approximate surface area is 145 Å². The minimum Gasteiger partial charge on any atom is -0.381 e. The van der Waals surface area contributed by atoms with Gasteiger partial charge in [-0.05, 0) is 37.7 Å². The van der Waals surface area contributed by atoms with Gasteiger partial charge >= 0.3 is 6.55 Å². The van der Waals surface area contributed by atoms with E-state index in [1.807, 2.05) is 4.90 Å². The van der Waals surface area contributed by atoms with E-state index in [0.29, 0.717) is 23.2 Å². The second-order valence-corrected chi connectivity index (χ2v) is 7.31. The highest BCUT2D eigenvalue weighted by atomic mass is 19.3. The van der Waals surface area contributed by atoms with Gasteiger partial charge in [0.15, 0.2) is 5.69 Å². The Bertz CT molecular complexity index is 618. The molecule has 0 N–H and O–H groups in total. The van der Waals surface area contributed by atoms with Crippen molar-refractivity contribution in [3.8, 4) is 0 Å². The van der Waals surface area contributed by atoms with Crippen molar-refractivity contribution < 1.29 is 18.3 Å². The lowest BCUT2D eigenvalue weighted by Crippen LogP contribution is -2.48. The van der Waals surface area contributed by atoms with Crippen LogP contribution in [0.2, 0.25) is 0 Å². The van der Waals surface area contributed by atoms with Gasteiger partial charge in [-0.2, -0.15) is 13.9 Å². The van der Waals surface area contributed by atoms with Crippen molar-refractivity contribution in [2.75, 3.05) is 32.8 Å². The van der Waals surface area contributed by atoms with E-state index in [1.54, 1.807) is 0 Å². The second-order valence-electron chi connectivity index (χ2n) is 7.31. The van der Waals surface area contributed by atoms with Crippen LogP contribution in [0.25, 0.3) is 0 Å². The minimum atomic E-state index is -2.72. The molecule has 5 rings (SSSR count). The fourth-order valence-electron chi connectivity index (χ4n) is 4.42. The maximum atomic E-state index is 12.8. The zero-order valence-corrected chi connectivity index (χ0v) is 14.2. The first-order valence-electron chi connectivity index (χ1n) is 9.08. The number of hydrogen-bond acceptors (Lipinski definition) is 4. The summed E-state index contributed by atoms with van der Waals surface area (Å²) >= 11 is 0. The summed E-state index contributed by atoms with van der Waals surface area (Å²) in [4.78, 5) is 17.2. The number of ether oxygens (including phenoxy) is 1. The Morgan fingerprint density at radius 3 is 2.64 bits per heavy atom. The average Bonchev–Trinajstić information content (AvgIpc) is 2.95. The van der Waals surface area contributed by atoms with Gasteiger partial charge in [-0.3, -0.25) is 9.69 Å². The van der Waals surface area contributed by atoms with Crippen molar-refractivity contribution in [1.82, 2.24) is 19.6 Å². The third kappa shape index (κ3) is 3.42. The number of nitrogens with zero attached hydrogens (tertiary/aromatic N) is 4. The summed E-state index contributed by atoms with van der Waals surface area (Å²) in [6, 6.07) is 2.07. The molecule has 25 heavy (non-hydrogen) atoms. The molecule has 2 bridgehead atoms. The van der Waals surface area contributed by atoms with Crippen LogP contribution < -0.4 is 0 Å². The van der Waals surface area contributed by atoms with Crippen molar-refractivity contribution in [1.29, 1.82) is 0 Å². The van der Waals surface area contributed by atoms with Crippen molar-refractivity contribution in [2.24, 2.45) is 5.92 Å². The molecule has 4 aliphatic heterocycles. The zero-order chi connectivity index (χ0) is 17.4. The maximum Gasteiger partial charge on any atom is 0.333 e. The average molecular weight is 354 g/mol. The summed E-state index contributed by atoms with van der Waals surface area (Å²) in [5.41, 5.74) is 0.116. The molecule has 8 heteroatoms. The largest absolute Gasteiger partial charge is 0.381 e. The van der Waals surface area contributed by atoms with Gasteiger partial charge in [-0.15, -0.1) is 0 Å². The number of aromatic nitrogens is 2. The van der Waals surface area contributed by atoms with Crippen molar-refractivity contribution in [2.45, 2.75) is 44.3 Å². The number of amides is 1. The molecule has 0 radical (unpaired) electrons. The third-order valence-electron chi connectivity index (χ3n) is 5.74. The molecule has 6 nitrogen and oxygen atoms in total. The number of fused-ring (bicyclic) bond motifs is 4. The molecule has 1 aromatic heterocycles. The quantitative estimate of drug-likeness (QED) is 0.833. The van der Waals surface area contributed by atoms with Crippen LogP contribution in [0.3, 0.4) is 0 Å². The lowest BCUT2D eigenvalue weighted by molar-refractivity contribution is 0.0303. The van der Waals surface area contributed by atoms with E-state index in [4.69, 9.17) is 4.74 Å². The molecule has 2 atom stereocenters. The molecular weight excluding hydrogens is 330 g/mol. The summed E-state index contributed by atoms with van der Waals surface area (Å²) in [6.45, 7) is 1.48. The summed E-state index contributed by atoms with van der Waals surface area (Å²) in [5.74, 6) is 0.227. The van der Waals surface area contributed by atoms with Gasteiger partial charge in [0, 0.05) is 51.1 Å². The molecule has 0 saturated carbocycles. The number of alkyl halides is 2. The number of carbonyl (C=O) groups is 1. The Balaban J connectivity index is 1.48. The molecule has 0 unspecified atom stereocenters. The Kier molecular flexibility index (Phi) is 4.73. The van der Waals surface area contributed by atoms with Gasteiger partial charge < -0.3 is 9.64 Å². The predicted octanol–water partition coefficient (Wildman–Crippen LogP) is 1.99. The van der Waals surface area contributed by atoms with Crippen LogP contribution in [0, 0.1) is 5.92 Å². The van der Waals surface area contributed by atoms with Crippen molar-refractivity contribution in [3.63, 3.8) is 0 Å². The van der Waals surface area contributed by atoms with Crippen LogP contribution in [0.1, 0.15) is 42.7 Å². The molecule has 4 saturated heterocycles. The maximum absolute atomic E-state index is 12.8. The Morgan fingerprint density at radius 2 is 1.92 bits per heavy atom. The van der Waals surface area contributed by atoms with Crippen LogP contribution in [0.5, 0.6) is 0 Å². The van der Waals surface area contributed by atoms with Gasteiger partial charge in [0.05, 0.1) is 0 Å². The SMILES string of the molecule is O=C(c1ccn(C(F)F)n1)N1C[C@H]2CC[C@@H]1CN(C1CCOCC1)C2. The van der Waals surface area contributed by atoms with Crippen LogP contribution >= 0.6 is 0 Å². The standard InChI is InChI=1S/C17H24F2N4O2/c18-17(19)23-6-3-15(20-23)16(24)22-10-12-1-2-14(22)11-21(9-12)13-4-7-25-8-5-13/h3,6,12-14,17H,1-2,4-5,7-11H2/t12-,14+/m0/s1. The van der Waals surface area contributed by atoms with Crippen molar-refractivity contribution >= 4 is 5.91 Å². The van der Waals surface area contributed by atoms with Gasteiger partial charge in [-0.25, -0.2) is 4.68 Å². The molecule has 138 valence electrons. The number of halogens is 2. The van der Waals surface area contributed by atoms with Crippen molar-refractivity contribution in [3.05, 3.63) is 18.0 Å². The number of piperidine rings is 1. The molecule has 0 spiro atoms. The highest BCUT2D eigenvalue weighted by molar-refractivity contribution is 5.92. The lowest BCUT2D eigenvalue weighted by Gasteiger charge is -2.36. The molecule has 1 aromatic rings. The first-order chi connectivity index (χ1) is 12.1. The number of carbonyl (C=O) groups excluding carboxylic acids is 1. The Morgan fingerprint density at radius 1 is 1.12 bits per heavy atom. The number of rotatable bonds is 3. The highest BCUT2D eigenvalue weighted by Gasteiger charge is 2.40. The fourth-order valence-corrected chi connectivity index (χ4v) is 4.42. The molecular formula is C17H24F2N4O2. The van der Waals surface area contributed by atoms with E-state index in [1.165, 1.54) is 12.3 Å². The van der Waals surface area contributed by atoms with Crippen LogP contribution in [0.4, 0.5) is 8.78 Å². The Hall–Kier alpha value is -1.54. The molecule has 0 aliphatic carbocycles. The van der Waals surface area contributed by atoms with E-state index in [-0.39, 0.29) is 17.6 Å². The van der Waals surface area contributed by atoms with Crippen LogP contribution in [0.15, 0.2) is 12.3 Å². The third-order valence-corrected chi connectivity index (χ3v) is 5.74. The van der Waals surface area contributed by atoms with Gasteiger partial charge in [0.2, 0.25) is 0 Å². The predicted molar refractivity (Wildman–Crippen MR) is 86.4 cm³/mol. The normalized spacial score (nSPS) is 28.5. The minimum absolute atomic E-state index is 0.116. The first-order valence-corrected chi connectivity index (χ1v) is 9.08. The molecule has 1 amide bonds. The summed E-state index contributed by atoms with van der Waals surface area (Å²) in [6.07, 6.45) is 5.37. The smallest absolute Gasteiger partial charge is 0.333 e. The molecule has 4 aliphatic rings.